The van der Waals surface area contributed by atoms with Gasteiger partial charge in [0.25, 0.3) is 5.69 Å². The molecule has 22 heavy (non-hydrogen) atoms. The molecule has 0 heterocycles. The Labute approximate surface area is 129 Å². The number of non-ortho nitro benzene ring substituents is 1. The fourth-order valence-corrected chi connectivity index (χ4v) is 2.56. The van der Waals surface area contributed by atoms with E-state index < -0.39 is 27.4 Å². The number of anilines is 1. The van der Waals surface area contributed by atoms with E-state index in [9.17, 15) is 23.3 Å². The molecular formula is C13H19N3O5S. The van der Waals surface area contributed by atoms with Gasteiger partial charge in [-0.15, -0.1) is 0 Å². The second kappa shape index (κ2) is 7.21. The molecule has 0 saturated carbocycles. The highest BCUT2D eigenvalue weighted by Crippen LogP contribution is 2.22. The molecule has 0 aliphatic carbocycles. The predicted octanol–water partition coefficient (Wildman–Crippen LogP) is 1.28. The van der Waals surface area contributed by atoms with E-state index >= 15 is 0 Å². The van der Waals surface area contributed by atoms with E-state index in [2.05, 4.69) is 5.32 Å². The van der Waals surface area contributed by atoms with E-state index in [0.29, 0.717) is 6.42 Å². The quantitative estimate of drug-likeness (QED) is 0.598. The van der Waals surface area contributed by atoms with Crippen LogP contribution < -0.4 is 9.62 Å². The highest BCUT2D eigenvalue weighted by atomic mass is 32.2. The topological polar surface area (TPSA) is 110 Å². The van der Waals surface area contributed by atoms with Crippen molar-refractivity contribution < 1.29 is 18.1 Å². The number of nitrogens with one attached hydrogen (secondary N) is 1. The maximum atomic E-state index is 11.9. The number of rotatable bonds is 7. The molecule has 0 radical (unpaired) electrons. The van der Waals surface area contributed by atoms with Gasteiger partial charge >= 0.3 is 0 Å². The van der Waals surface area contributed by atoms with Crippen LogP contribution in [0.4, 0.5) is 11.4 Å². The third-order valence-corrected chi connectivity index (χ3v) is 4.18. The largest absolute Gasteiger partial charge is 0.352 e. The second-order valence-electron chi connectivity index (χ2n) is 4.92. The van der Waals surface area contributed by atoms with E-state index in [1.54, 1.807) is 6.92 Å². The van der Waals surface area contributed by atoms with Crippen LogP contribution in [0, 0.1) is 10.1 Å². The van der Waals surface area contributed by atoms with Crippen LogP contribution in [-0.2, 0) is 14.8 Å². The third kappa shape index (κ3) is 4.99. The maximum absolute atomic E-state index is 11.9. The molecule has 0 aromatic heterocycles. The molecule has 0 saturated heterocycles. The summed E-state index contributed by atoms with van der Waals surface area (Å²) in [6.07, 6.45) is 1.66. The Bertz CT molecular complexity index is 659. The molecule has 0 bridgehead atoms. The van der Waals surface area contributed by atoms with Gasteiger partial charge in [0.05, 0.1) is 16.9 Å². The minimum atomic E-state index is -3.75. The maximum Gasteiger partial charge on any atom is 0.271 e. The van der Waals surface area contributed by atoms with Crippen LogP contribution in [0.2, 0.25) is 0 Å². The second-order valence-corrected chi connectivity index (χ2v) is 6.83. The smallest absolute Gasteiger partial charge is 0.271 e. The van der Waals surface area contributed by atoms with Gasteiger partial charge in [0, 0.05) is 18.2 Å². The van der Waals surface area contributed by atoms with Crippen molar-refractivity contribution >= 4 is 27.3 Å². The van der Waals surface area contributed by atoms with Crippen molar-refractivity contribution in [3.8, 4) is 0 Å². The van der Waals surface area contributed by atoms with E-state index in [1.807, 2.05) is 6.92 Å². The minimum absolute atomic E-state index is 0.0796. The first-order valence-electron chi connectivity index (χ1n) is 6.66. The Morgan fingerprint density at radius 3 is 2.59 bits per heavy atom. The molecular weight excluding hydrogens is 310 g/mol. The number of hydrogen-bond donors (Lipinski definition) is 1. The molecule has 122 valence electrons. The number of nitro groups is 1. The van der Waals surface area contributed by atoms with Crippen LogP contribution in [0.3, 0.4) is 0 Å². The fraction of sp³-hybridized carbons (Fsp3) is 0.462. The zero-order chi connectivity index (χ0) is 16.9. The molecule has 9 heteroatoms. The van der Waals surface area contributed by atoms with Crippen molar-refractivity contribution in [1.82, 2.24) is 5.32 Å². The van der Waals surface area contributed by atoms with Crippen LogP contribution >= 0.6 is 0 Å². The Morgan fingerprint density at radius 1 is 1.45 bits per heavy atom. The summed E-state index contributed by atoms with van der Waals surface area (Å²) >= 11 is 0. The van der Waals surface area contributed by atoms with Gasteiger partial charge in [-0.3, -0.25) is 19.2 Å². The lowest BCUT2D eigenvalue weighted by molar-refractivity contribution is -0.384. The molecule has 0 fully saturated rings. The van der Waals surface area contributed by atoms with Crippen LogP contribution in [0.15, 0.2) is 24.3 Å². The SMILES string of the molecule is CC[C@H](C)NC(=O)CN(c1cccc([N+](=O)[O-])c1)S(C)(=O)=O. The molecule has 1 amide bonds. The van der Waals surface area contributed by atoms with Gasteiger partial charge in [-0.05, 0) is 19.4 Å². The standard InChI is InChI=1S/C13H19N3O5S/c1-4-10(2)14-13(17)9-15(22(3,20)21)11-6-5-7-12(8-11)16(18)19/h5-8,10H,4,9H2,1-3H3,(H,14,17)/t10-/m0/s1. The number of carbonyl (C=O) groups is 1. The summed E-state index contributed by atoms with van der Waals surface area (Å²) in [4.78, 5) is 22.1. The van der Waals surface area contributed by atoms with Crippen LogP contribution in [0.25, 0.3) is 0 Å². The lowest BCUT2D eigenvalue weighted by Crippen LogP contribution is -2.43. The monoisotopic (exact) mass is 329 g/mol. The van der Waals surface area contributed by atoms with E-state index in [1.165, 1.54) is 18.2 Å². The van der Waals surface area contributed by atoms with Gasteiger partial charge in [-0.2, -0.15) is 0 Å². The Balaban J connectivity index is 3.07. The van der Waals surface area contributed by atoms with Crippen molar-refractivity contribution in [1.29, 1.82) is 0 Å². The number of amides is 1. The molecule has 1 N–H and O–H groups in total. The summed E-state index contributed by atoms with van der Waals surface area (Å²) in [5, 5.41) is 13.5. The molecule has 0 aliphatic rings. The number of hydrogen-bond acceptors (Lipinski definition) is 5. The molecule has 0 spiro atoms. The molecule has 1 aromatic rings. The molecule has 0 aliphatic heterocycles. The van der Waals surface area contributed by atoms with Crippen LogP contribution in [-0.4, -0.2) is 38.1 Å². The number of benzene rings is 1. The molecule has 1 rings (SSSR count). The van der Waals surface area contributed by atoms with Crippen molar-refractivity contribution in [3.05, 3.63) is 34.4 Å². The van der Waals surface area contributed by atoms with Crippen molar-refractivity contribution in [2.45, 2.75) is 26.3 Å². The number of carbonyl (C=O) groups excluding carboxylic acids is 1. The Kier molecular flexibility index (Phi) is 5.86. The summed E-state index contributed by atoms with van der Waals surface area (Å²) in [5.41, 5.74) is -0.163. The van der Waals surface area contributed by atoms with E-state index in [4.69, 9.17) is 0 Å². The van der Waals surface area contributed by atoms with Crippen molar-refractivity contribution in [3.63, 3.8) is 0 Å². The summed E-state index contributed by atoms with van der Waals surface area (Å²) < 4.78 is 24.6. The summed E-state index contributed by atoms with van der Waals surface area (Å²) in [5.74, 6) is -0.466. The van der Waals surface area contributed by atoms with Gasteiger partial charge in [-0.1, -0.05) is 13.0 Å². The number of nitro benzene ring substituents is 1. The lowest BCUT2D eigenvalue weighted by atomic mass is 10.2. The first-order chi connectivity index (χ1) is 10.1. The van der Waals surface area contributed by atoms with Gasteiger partial charge in [0.2, 0.25) is 15.9 Å². The molecule has 0 unspecified atom stereocenters. The van der Waals surface area contributed by atoms with Crippen LogP contribution in [0.1, 0.15) is 20.3 Å². The zero-order valence-electron chi connectivity index (χ0n) is 12.6. The summed E-state index contributed by atoms with van der Waals surface area (Å²) in [6, 6.07) is 5.07. The van der Waals surface area contributed by atoms with E-state index in [0.717, 1.165) is 16.6 Å². The fourth-order valence-electron chi connectivity index (χ4n) is 1.71. The lowest BCUT2D eigenvalue weighted by Gasteiger charge is -2.22. The summed E-state index contributed by atoms with van der Waals surface area (Å²) in [6.45, 7) is 3.26. The minimum Gasteiger partial charge on any atom is -0.352 e. The molecule has 8 nitrogen and oxygen atoms in total. The zero-order valence-corrected chi connectivity index (χ0v) is 13.5. The van der Waals surface area contributed by atoms with Gasteiger partial charge < -0.3 is 5.32 Å². The predicted molar refractivity (Wildman–Crippen MR) is 83.2 cm³/mol. The van der Waals surface area contributed by atoms with Gasteiger partial charge in [0.1, 0.15) is 6.54 Å². The van der Waals surface area contributed by atoms with E-state index in [-0.39, 0.29) is 17.4 Å². The Morgan fingerprint density at radius 2 is 2.09 bits per heavy atom. The average Bonchev–Trinajstić information content (AvgIpc) is 2.43. The molecule has 1 atom stereocenters. The Hall–Kier alpha value is -2.16. The third-order valence-electron chi connectivity index (χ3n) is 3.04. The first kappa shape index (κ1) is 17.9. The highest BCUT2D eigenvalue weighted by Gasteiger charge is 2.22. The highest BCUT2D eigenvalue weighted by molar-refractivity contribution is 7.92. The number of nitrogens with zero attached hydrogens (tertiary/aromatic N) is 2. The van der Waals surface area contributed by atoms with Gasteiger partial charge in [0.15, 0.2) is 0 Å². The molecule has 1 aromatic carbocycles. The normalized spacial score (nSPS) is 12.5. The summed E-state index contributed by atoms with van der Waals surface area (Å²) in [7, 11) is -3.75. The van der Waals surface area contributed by atoms with Crippen LogP contribution in [0.5, 0.6) is 0 Å². The van der Waals surface area contributed by atoms with Crippen molar-refractivity contribution in [2.24, 2.45) is 0 Å². The van der Waals surface area contributed by atoms with Crippen molar-refractivity contribution in [2.75, 3.05) is 17.1 Å². The number of sulfonamides is 1. The first-order valence-corrected chi connectivity index (χ1v) is 8.51. The average molecular weight is 329 g/mol. The van der Waals surface area contributed by atoms with Gasteiger partial charge in [-0.25, -0.2) is 8.42 Å².